The second-order valence-corrected chi connectivity index (χ2v) is 5.29. The van der Waals surface area contributed by atoms with E-state index in [-0.39, 0.29) is 17.9 Å². The highest BCUT2D eigenvalue weighted by molar-refractivity contribution is 5.97. The van der Waals surface area contributed by atoms with Gasteiger partial charge in [0.2, 0.25) is 11.8 Å². The lowest BCUT2D eigenvalue weighted by Crippen LogP contribution is -2.64. The van der Waals surface area contributed by atoms with Crippen molar-refractivity contribution in [2.45, 2.75) is 37.8 Å². The van der Waals surface area contributed by atoms with E-state index in [1.165, 1.54) is 0 Å². The molecule has 0 radical (unpaired) electrons. The maximum absolute atomic E-state index is 12.4. The molecule has 0 saturated carbocycles. The highest BCUT2D eigenvalue weighted by atomic mass is 16.2. The zero-order valence-corrected chi connectivity index (χ0v) is 10.8. The predicted molar refractivity (Wildman–Crippen MR) is 71.4 cm³/mol. The Bertz CT molecular complexity index is 486. The van der Waals surface area contributed by atoms with Gasteiger partial charge in [-0.3, -0.25) is 9.59 Å². The fourth-order valence-corrected chi connectivity index (χ4v) is 2.99. The first-order chi connectivity index (χ1) is 9.25. The Morgan fingerprint density at radius 3 is 2.74 bits per heavy atom. The van der Waals surface area contributed by atoms with Crippen molar-refractivity contribution in [2.75, 3.05) is 6.54 Å². The number of carbonyl (C=O) groups is 2. The number of fused-ring (bicyclic) bond motifs is 1. The average molecular weight is 258 g/mol. The van der Waals surface area contributed by atoms with E-state index in [0.29, 0.717) is 6.42 Å². The third-order valence-electron chi connectivity index (χ3n) is 3.99. The van der Waals surface area contributed by atoms with Gasteiger partial charge < -0.3 is 10.2 Å². The van der Waals surface area contributed by atoms with Crippen LogP contribution >= 0.6 is 0 Å². The van der Waals surface area contributed by atoms with Crippen molar-refractivity contribution in [3.05, 3.63) is 35.9 Å². The SMILES string of the molecule is O=C1N[C@H](Cc2ccccc2)C(=O)N2CCCC[C@@H]12. The number of rotatable bonds is 2. The molecule has 1 N–H and O–H groups in total. The third-order valence-corrected chi connectivity index (χ3v) is 3.99. The number of nitrogens with one attached hydrogen (secondary N) is 1. The van der Waals surface area contributed by atoms with E-state index in [1.807, 2.05) is 30.3 Å². The first-order valence-corrected chi connectivity index (χ1v) is 6.90. The van der Waals surface area contributed by atoms with Crippen LogP contribution in [-0.2, 0) is 16.0 Å². The molecule has 2 amide bonds. The minimum Gasteiger partial charge on any atom is -0.342 e. The number of hydrogen-bond acceptors (Lipinski definition) is 2. The number of hydrogen-bond donors (Lipinski definition) is 1. The van der Waals surface area contributed by atoms with E-state index >= 15 is 0 Å². The van der Waals surface area contributed by atoms with Crippen molar-refractivity contribution in [1.82, 2.24) is 10.2 Å². The molecule has 0 spiro atoms. The fraction of sp³-hybridized carbons (Fsp3) is 0.467. The van der Waals surface area contributed by atoms with Crippen molar-refractivity contribution < 1.29 is 9.59 Å². The molecular weight excluding hydrogens is 240 g/mol. The summed E-state index contributed by atoms with van der Waals surface area (Å²) in [6.07, 6.45) is 3.42. The second kappa shape index (κ2) is 5.03. The molecule has 4 heteroatoms. The van der Waals surface area contributed by atoms with Crippen LogP contribution in [0.3, 0.4) is 0 Å². The van der Waals surface area contributed by atoms with Crippen LogP contribution in [0.15, 0.2) is 30.3 Å². The van der Waals surface area contributed by atoms with Gasteiger partial charge in [-0.15, -0.1) is 0 Å². The highest BCUT2D eigenvalue weighted by Gasteiger charge is 2.41. The van der Waals surface area contributed by atoms with E-state index in [4.69, 9.17) is 0 Å². The summed E-state index contributed by atoms with van der Waals surface area (Å²) in [5.74, 6) is 0.0911. The molecule has 1 aromatic rings. The summed E-state index contributed by atoms with van der Waals surface area (Å²) in [7, 11) is 0. The Labute approximate surface area is 112 Å². The van der Waals surface area contributed by atoms with Gasteiger partial charge in [-0.2, -0.15) is 0 Å². The summed E-state index contributed by atoms with van der Waals surface area (Å²) < 4.78 is 0. The molecule has 2 aliphatic rings. The number of nitrogens with zero attached hydrogens (tertiary/aromatic N) is 1. The average Bonchev–Trinajstić information content (AvgIpc) is 2.46. The van der Waals surface area contributed by atoms with Crippen molar-refractivity contribution in [3.63, 3.8) is 0 Å². The fourth-order valence-electron chi connectivity index (χ4n) is 2.99. The summed E-state index contributed by atoms with van der Waals surface area (Å²) in [5, 5.41) is 2.88. The van der Waals surface area contributed by atoms with Crippen LogP contribution in [0.5, 0.6) is 0 Å². The maximum atomic E-state index is 12.4. The number of carbonyl (C=O) groups excluding carboxylic acids is 2. The van der Waals surface area contributed by atoms with Crippen LogP contribution < -0.4 is 5.32 Å². The number of piperidine rings is 1. The standard InChI is InChI=1S/C15H18N2O2/c18-14-13-8-4-5-9-17(13)15(19)12(16-14)10-11-6-2-1-3-7-11/h1-3,6-7,12-13H,4-5,8-10H2,(H,16,18)/t12-,13+/m1/s1. The Balaban J connectivity index is 1.76. The molecule has 0 bridgehead atoms. The smallest absolute Gasteiger partial charge is 0.246 e. The molecule has 0 unspecified atom stereocenters. The molecule has 2 heterocycles. The Hall–Kier alpha value is -1.84. The summed E-state index contributed by atoms with van der Waals surface area (Å²) in [6.45, 7) is 0.724. The summed E-state index contributed by atoms with van der Waals surface area (Å²) >= 11 is 0. The van der Waals surface area contributed by atoms with E-state index < -0.39 is 6.04 Å². The molecule has 3 rings (SSSR count). The molecule has 2 aliphatic heterocycles. The van der Waals surface area contributed by atoms with Gasteiger partial charge in [0.1, 0.15) is 12.1 Å². The van der Waals surface area contributed by atoms with E-state index in [1.54, 1.807) is 4.90 Å². The lowest BCUT2D eigenvalue weighted by atomic mass is 9.94. The van der Waals surface area contributed by atoms with Gasteiger partial charge in [0.05, 0.1) is 0 Å². The molecule has 2 saturated heterocycles. The van der Waals surface area contributed by atoms with Gasteiger partial charge in [-0.1, -0.05) is 30.3 Å². The summed E-state index contributed by atoms with van der Waals surface area (Å²) in [4.78, 5) is 26.3. The topological polar surface area (TPSA) is 49.4 Å². The molecule has 0 aromatic heterocycles. The zero-order valence-electron chi connectivity index (χ0n) is 10.8. The minimum absolute atomic E-state index is 0.0141. The Kier molecular flexibility index (Phi) is 3.23. The zero-order chi connectivity index (χ0) is 13.2. The van der Waals surface area contributed by atoms with Crippen LogP contribution in [0.1, 0.15) is 24.8 Å². The predicted octanol–water partition coefficient (Wildman–Crippen LogP) is 1.11. The quantitative estimate of drug-likeness (QED) is 0.864. The van der Waals surface area contributed by atoms with Gasteiger partial charge in [0.15, 0.2) is 0 Å². The van der Waals surface area contributed by atoms with E-state index in [9.17, 15) is 9.59 Å². The molecular formula is C15H18N2O2. The first-order valence-electron chi connectivity index (χ1n) is 6.90. The first kappa shape index (κ1) is 12.2. The second-order valence-electron chi connectivity index (χ2n) is 5.29. The van der Waals surface area contributed by atoms with E-state index in [0.717, 1.165) is 31.4 Å². The maximum Gasteiger partial charge on any atom is 0.246 e. The number of benzene rings is 1. The highest BCUT2D eigenvalue weighted by Crippen LogP contribution is 2.22. The molecule has 2 atom stereocenters. The number of amides is 2. The van der Waals surface area contributed by atoms with Crippen molar-refractivity contribution in [3.8, 4) is 0 Å². The Morgan fingerprint density at radius 1 is 1.16 bits per heavy atom. The molecule has 100 valence electrons. The van der Waals surface area contributed by atoms with Gasteiger partial charge in [0.25, 0.3) is 0 Å². The largest absolute Gasteiger partial charge is 0.342 e. The van der Waals surface area contributed by atoms with E-state index in [2.05, 4.69) is 5.32 Å². The van der Waals surface area contributed by atoms with Crippen molar-refractivity contribution in [2.24, 2.45) is 0 Å². The molecule has 19 heavy (non-hydrogen) atoms. The summed E-state index contributed by atoms with van der Waals surface area (Å²) in [6, 6.07) is 9.20. The van der Waals surface area contributed by atoms with Crippen LogP contribution in [0.4, 0.5) is 0 Å². The normalized spacial score (nSPS) is 26.8. The number of piperazine rings is 1. The third kappa shape index (κ3) is 2.35. The van der Waals surface area contributed by atoms with Gasteiger partial charge in [-0.05, 0) is 24.8 Å². The van der Waals surface area contributed by atoms with Gasteiger partial charge in [0, 0.05) is 13.0 Å². The van der Waals surface area contributed by atoms with Gasteiger partial charge in [-0.25, -0.2) is 0 Å². The lowest BCUT2D eigenvalue weighted by molar-refractivity contribution is -0.151. The van der Waals surface area contributed by atoms with Crippen molar-refractivity contribution >= 4 is 11.8 Å². The molecule has 2 fully saturated rings. The van der Waals surface area contributed by atoms with Crippen LogP contribution in [0, 0.1) is 0 Å². The summed E-state index contributed by atoms with van der Waals surface area (Å²) in [5.41, 5.74) is 1.08. The van der Waals surface area contributed by atoms with Gasteiger partial charge >= 0.3 is 0 Å². The molecule has 0 aliphatic carbocycles. The lowest BCUT2D eigenvalue weighted by Gasteiger charge is -2.41. The van der Waals surface area contributed by atoms with Crippen LogP contribution in [0.25, 0.3) is 0 Å². The molecule has 4 nitrogen and oxygen atoms in total. The van der Waals surface area contributed by atoms with Crippen LogP contribution in [-0.4, -0.2) is 35.3 Å². The monoisotopic (exact) mass is 258 g/mol. The Morgan fingerprint density at radius 2 is 1.95 bits per heavy atom. The minimum atomic E-state index is -0.399. The van der Waals surface area contributed by atoms with Crippen LogP contribution in [0.2, 0.25) is 0 Å². The molecule has 1 aromatic carbocycles. The van der Waals surface area contributed by atoms with Crippen molar-refractivity contribution in [1.29, 1.82) is 0 Å².